The van der Waals surface area contributed by atoms with Crippen molar-refractivity contribution in [2.45, 2.75) is 44.9 Å². The molecule has 3 rings (SSSR count). The van der Waals surface area contributed by atoms with Crippen molar-refractivity contribution in [2.75, 3.05) is 6.54 Å². The number of hydrogen-bond donors (Lipinski definition) is 4. The molecule has 8 heteroatoms. The van der Waals surface area contributed by atoms with Crippen molar-refractivity contribution in [3.8, 4) is 10.4 Å². The molecule has 0 aliphatic carbocycles. The first-order valence-corrected chi connectivity index (χ1v) is 9.64. The van der Waals surface area contributed by atoms with Gasteiger partial charge in [-0.05, 0) is 25.8 Å². The fraction of sp³-hybridized carbons (Fsp3) is 0.421. The number of aliphatic hydroxyl groups excluding tert-OH is 1. The number of carboxylic acid groups (broad SMARTS) is 1. The molecule has 0 spiro atoms. The lowest BCUT2D eigenvalue weighted by Gasteiger charge is -2.15. The molecule has 0 saturated carbocycles. The number of aryl methyl sites for hydroxylation is 1. The van der Waals surface area contributed by atoms with Crippen LogP contribution in [-0.2, 0) is 9.59 Å². The molecule has 0 radical (unpaired) electrons. The van der Waals surface area contributed by atoms with Gasteiger partial charge in [0, 0.05) is 12.6 Å². The van der Waals surface area contributed by atoms with Crippen LogP contribution < -0.4 is 10.6 Å². The maximum atomic E-state index is 11.5. The Kier molecular flexibility index (Phi) is 7.90. The van der Waals surface area contributed by atoms with E-state index >= 15 is 0 Å². The van der Waals surface area contributed by atoms with E-state index in [9.17, 15) is 14.7 Å². The van der Waals surface area contributed by atoms with Crippen LogP contribution in [0.2, 0.25) is 0 Å². The summed E-state index contributed by atoms with van der Waals surface area (Å²) in [6.07, 6.45) is -0.206. The molecule has 1 aromatic heterocycles. The Hall–Kier alpha value is -2.29. The van der Waals surface area contributed by atoms with Crippen LogP contribution in [0.4, 0.5) is 0 Å². The van der Waals surface area contributed by atoms with E-state index in [4.69, 9.17) is 5.11 Å². The molecular formula is C19H25N3O4S. The van der Waals surface area contributed by atoms with Gasteiger partial charge in [-0.2, -0.15) is 0 Å². The monoisotopic (exact) mass is 391 g/mol. The molecule has 146 valence electrons. The molecule has 1 amide bonds. The number of benzene rings is 1. The number of carboxylic acids is 1. The minimum absolute atomic E-state index is 0.0962. The number of carbonyl (C=O) groups is 2. The average Bonchev–Trinajstić information content (AvgIpc) is 3.24. The Morgan fingerprint density at radius 2 is 2.07 bits per heavy atom. The maximum Gasteiger partial charge on any atom is 0.305 e. The van der Waals surface area contributed by atoms with Crippen molar-refractivity contribution in [3.63, 3.8) is 0 Å². The molecule has 27 heavy (non-hydrogen) atoms. The van der Waals surface area contributed by atoms with Crippen LogP contribution in [0.3, 0.4) is 0 Å². The van der Waals surface area contributed by atoms with Gasteiger partial charge in [-0.1, -0.05) is 30.3 Å². The van der Waals surface area contributed by atoms with Gasteiger partial charge < -0.3 is 20.8 Å². The Bertz CT molecular complexity index is 750. The Morgan fingerprint density at radius 3 is 2.59 bits per heavy atom. The number of aliphatic hydroxyl groups is 1. The Morgan fingerprint density at radius 1 is 1.37 bits per heavy atom. The summed E-state index contributed by atoms with van der Waals surface area (Å²) in [5, 5.41) is 23.1. The van der Waals surface area contributed by atoms with Gasteiger partial charge in [0.2, 0.25) is 5.91 Å². The number of carbonyl (C=O) groups excluding carboxylic acids is 1. The third-order valence-corrected chi connectivity index (χ3v) is 5.05. The standard InChI is InChI=1S/C10H9NS.C9H16N2O4/c1-8-10(12-7-11-8)9-5-3-2-4-6-9;1-5(2-8(13)14)11-9(15)7-3-6(12)4-10-7/h2-7H,1H3;5-7,10,12H,2-4H2,1H3,(H,11,15)(H,13,14)/t;5-,6+,7-/m.0/s1. The van der Waals surface area contributed by atoms with Gasteiger partial charge >= 0.3 is 5.97 Å². The van der Waals surface area contributed by atoms with Crippen LogP contribution >= 0.6 is 11.3 Å². The molecule has 2 heterocycles. The number of thiazole rings is 1. The van der Waals surface area contributed by atoms with E-state index in [0.29, 0.717) is 13.0 Å². The number of rotatable bonds is 5. The Balaban J connectivity index is 0.000000198. The third-order valence-electron chi connectivity index (χ3n) is 4.08. The first-order valence-electron chi connectivity index (χ1n) is 8.76. The fourth-order valence-corrected chi connectivity index (χ4v) is 3.55. The number of aliphatic carboxylic acids is 1. The summed E-state index contributed by atoms with van der Waals surface area (Å²) in [5.41, 5.74) is 4.27. The third kappa shape index (κ3) is 6.74. The highest BCUT2D eigenvalue weighted by molar-refractivity contribution is 7.13. The van der Waals surface area contributed by atoms with Gasteiger partial charge in [-0.15, -0.1) is 11.3 Å². The molecule has 1 aliphatic rings. The lowest BCUT2D eigenvalue weighted by molar-refractivity contribution is -0.137. The molecule has 1 aromatic carbocycles. The molecule has 7 nitrogen and oxygen atoms in total. The number of hydrogen-bond acceptors (Lipinski definition) is 6. The van der Waals surface area contributed by atoms with Gasteiger partial charge in [-0.25, -0.2) is 4.98 Å². The Labute approximate surface area is 162 Å². The minimum Gasteiger partial charge on any atom is -0.481 e. The summed E-state index contributed by atoms with van der Waals surface area (Å²) in [6.45, 7) is 4.08. The predicted octanol–water partition coefficient (Wildman–Crippen LogP) is 1.81. The van der Waals surface area contributed by atoms with Crippen LogP contribution in [0, 0.1) is 6.92 Å². The normalized spacial score (nSPS) is 19.7. The summed E-state index contributed by atoms with van der Waals surface area (Å²) in [5.74, 6) is -1.19. The summed E-state index contributed by atoms with van der Waals surface area (Å²) in [7, 11) is 0. The van der Waals surface area contributed by atoms with Crippen molar-refractivity contribution >= 4 is 23.2 Å². The topological polar surface area (TPSA) is 112 Å². The van der Waals surface area contributed by atoms with Gasteiger partial charge in [0.15, 0.2) is 0 Å². The van der Waals surface area contributed by atoms with E-state index in [1.54, 1.807) is 18.3 Å². The van der Waals surface area contributed by atoms with Crippen LogP contribution in [0.25, 0.3) is 10.4 Å². The average molecular weight is 391 g/mol. The van der Waals surface area contributed by atoms with Crippen molar-refractivity contribution < 1.29 is 19.8 Å². The van der Waals surface area contributed by atoms with E-state index in [0.717, 1.165) is 5.69 Å². The lowest BCUT2D eigenvalue weighted by Crippen LogP contribution is -2.44. The zero-order chi connectivity index (χ0) is 19.8. The second kappa shape index (κ2) is 10.1. The van der Waals surface area contributed by atoms with E-state index in [1.165, 1.54) is 10.4 Å². The molecule has 3 atom stereocenters. The highest BCUT2D eigenvalue weighted by Gasteiger charge is 2.28. The summed E-state index contributed by atoms with van der Waals surface area (Å²) in [6, 6.07) is 9.55. The summed E-state index contributed by atoms with van der Waals surface area (Å²) >= 11 is 1.69. The van der Waals surface area contributed by atoms with Crippen molar-refractivity contribution in [1.82, 2.24) is 15.6 Å². The van der Waals surface area contributed by atoms with Crippen LogP contribution in [0.15, 0.2) is 35.8 Å². The van der Waals surface area contributed by atoms with Crippen LogP contribution in [-0.4, -0.2) is 51.8 Å². The molecule has 0 unspecified atom stereocenters. The number of amides is 1. The molecule has 1 fully saturated rings. The van der Waals surface area contributed by atoms with Crippen LogP contribution in [0.5, 0.6) is 0 Å². The second-order valence-electron chi connectivity index (χ2n) is 6.49. The molecule has 0 bridgehead atoms. The van der Waals surface area contributed by atoms with Gasteiger partial charge in [-0.3, -0.25) is 9.59 Å². The zero-order valence-electron chi connectivity index (χ0n) is 15.4. The second-order valence-corrected chi connectivity index (χ2v) is 7.35. The van der Waals surface area contributed by atoms with E-state index in [1.807, 2.05) is 18.5 Å². The number of nitrogens with zero attached hydrogens (tertiary/aromatic N) is 1. The van der Waals surface area contributed by atoms with E-state index in [-0.39, 0.29) is 12.3 Å². The SMILES string of the molecule is C[C@@H](CC(=O)O)NC(=O)[C@@H]1C[C@@H](O)CN1.Cc1ncsc1-c1ccccc1. The van der Waals surface area contributed by atoms with Crippen molar-refractivity contribution in [1.29, 1.82) is 0 Å². The van der Waals surface area contributed by atoms with Gasteiger partial charge in [0.05, 0.1) is 34.6 Å². The van der Waals surface area contributed by atoms with Gasteiger partial charge in [0.1, 0.15) is 0 Å². The zero-order valence-corrected chi connectivity index (χ0v) is 16.2. The smallest absolute Gasteiger partial charge is 0.305 e. The maximum absolute atomic E-state index is 11.5. The number of β-amino-alcohol motifs (C(OH)–C–C–N with tert-alkyl or cyclic N) is 1. The van der Waals surface area contributed by atoms with Crippen LogP contribution in [0.1, 0.15) is 25.5 Å². The largest absolute Gasteiger partial charge is 0.481 e. The highest BCUT2D eigenvalue weighted by Crippen LogP contribution is 2.26. The molecule has 4 N–H and O–H groups in total. The number of nitrogens with one attached hydrogen (secondary N) is 2. The minimum atomic E-state index is -0.942. The fourth-order valence-electron chi connectivity index (χ4n) is 2.74. The van der Waals surface area contributed by atoms with Crippen molar-refractivity contribution in [2.24, 2.45) is 0 Å². The summed E-state index contributed by atoms with van der Waals surface area (Å²) < 4.78 is 0. The molecule has 2 aromatic rings. The summed E-state index contributed by atoms with van der Waals surface area (Å²) in [4.78, 5) is 27.3. The first-order chi connectivity index (χ1) is 12.9. The lowest BCUT2D eigenvalue weighted by atomic mass is 10.1. The molecular weight excluding hydrogens is 366 g/mol. The van der Waals surface area contributed by atoms with Gasteiger partial charge in [0.25, 0.3) is 0 Å². The van der Waals surface area contributed by atoms with Crippen molar-refractivity contribution in [3.05, 3.63) is 41.5 Å². The van der Waals surface area contributed by atoms with E-state index in [2.05, 4.69) is 39.9 Å². The highest BCUT2D eigenvalue weighted by atomic mass is 32.1. The molecule has 1 aliphatic heterocycles. The quantitative estimate of drug-likeness (QED) is 0.619. The first kappa shape index (κ1) is 21.0. The van der Waals surface area contributed by atoms with E-state index < -0.39 is 24.2 Å². The predicted molar refractivity (Wildman–Crippen MR) is 105 cm³/mol. The number of aromatic nitrogens is 1. The molecule has 1 saturated heterocycles.